The van der Waals surface area contributed by atoms with Crippen LogP contribution in [0, 0.1) is 16.7 Å². The highest BCUT2D eigenvalue weighted by Crippen LogP contribution is 2.64. The van der Waals surface area contributed by atoms with Gasteiger partial charge in [0.25, 0.3) is 0 Å². The van der Waals surface area contributed by atoms with E-state index in [-0.39, 0.29) is 0 Å². The molecule has 0 saturated heterocycles. The van der Waals surface area contributed by atoms with E-state index in [1.807, 2.05) is 0 Å². The summed E-state index contributed by atoms with van der Waals surface area (Å²) in [5, 5.41) is 0. The highest BCUT2D eigenvalue weighted by molar-refractivity contribution is 5.29. The van der Waals surface area contributed by atoms with Gasteiger partial charge in [-0.1, -0.05) is 32.4 Å². The molecule has 2 aliphatic rings. The third-order valence-electron chi connectivity index (χ3n) is 4.63. The van der Waals surface area contributed by atoms with E-state index in [2.05, 4.69) is 33.8 Å². The molecule has 2 bridgehead atoms. The van der Waals surface area contributed by atoms with Crippen LogP contribution in [-0.2, 0) is 0 Å². The lowest BCUT2D eigenvalue weighted by atomic mass is 9.68. The van der Waals surface area contributed by atoms with Crippen LogP contribution in [0.1, 0.15) is 40.5 Å². The summed E-state index contributed by atoms with van der Waals surface area (Å²) in [5.74, 6) is 0.868. The average Bonchev–Trinajstić information content (AvgIpc) is 2.20. The van der Waals surface area contributed by atoms with Crippen molar-refractivity contribution in [2.45, 2.75) is 40.5 Å². The second-order valence-corrected chi connectivity index (χ2v) is 5.05. The fraction of sp³-hybridized carbons (Fsp3) is 0.818. The second-order valence-electron chi connectivity index (χ2n) is 5.05. The van der Waals surface area contributed by atoms with Crippen molar-refractivity contribution in [2.24, 2.45) is 16.7 Å². The smallest absolute Gasteiger partial charge is 0.00621 e. The summed E-state index contributed by atoms with van der Waals surface area (Å²) < 4.78 is 0. The maximum Gasteiger partial charge on any atom is -0.00621 e. The van der Waals surface area contributed by atoms with Crippen LogP contribution in [0.5, 0.6) is 0 Å². The van der Waals surface area contributed by atoms with Crippen LogP contribution < -0.4 is 0 Å². The molecule has 0 aromatic heterocycles. The van der Waals surface area contributed by atoms with E-state index in [4.69, 9.17) is 0 Å². The van der Waals surface area contributed by atoms with Crippen molar-refractivity contribution in [3.8, 4) is 0 Å². The maximum absolute atomic E-state index is 2.50. The summed E-state index contributed by atoms with van der Waals surface area (Å²) in [5.41, 5.74) is 2.70. The zero-order valence-corrected chi connectivity index (χ0v) is 8.07. The fourth-order valence-corrected chi connectivity index (χ4v) is 3.02. The summed E-state index contributed by atoms with van der Waals surface area (Å²) in [4.78, 5) is 0. The molecule has 11 heavy (non-hydrogen) atoms. The SMILES string of the molecule is CC1=CC2CCC1(C)C2(C)C. The Morgan fingerprint density at radius 1 is 1.36 bits per heavy atom. The van der Waals surface area contributed by atoms with Crippen molar-refractivity contribution in [3.63, 3.8) is 0 Å². The Hall–Kier alpha value is -0.260. The minimum atomic E-state index is 0.525. The summed E-state index contributed by atoms with van der Waals surface area (Å²) in [6, 6.07) is 0. The van der Waals surface area contributed by atoms with Crippen LogP contribution in [0.4, 0.5) is 0 Å². The normalized spacial score (nSPS) is 46.2. The Balaban J connectivity index is 2.49. The third-order valence-corrected chi connectivity index (χ3v) is 4.63. The standard InChI is InChI=1S/C11H18/c1-8-7-9-5-6-11(8,4)10(9,2)3/h7,9H,5-6H2,1-4H3. The molecule has 0 heterocycles. The predicted molar refractivity (Wildman–Crippen MR) is 48.4 cm³/mol. The molecule has 2 atom stereocenters. The Kier molecular flexibility index (Phi) is 1.16. The molecule has 0 heteroatoms. The highest BCUT2D eigenvalue weighted by atomic mass is 14.6. The van der Waals surface area contributed by atoms with Gasteiger partial charge in [-0.2, -0.15) is 0 Å². The van der Waals surface area contributed by atoms with Crippen molar-refractivity contribution < 1.29 is 0 Å². The van der Waals surface area contributed by atoms with Gasteiger partial charge < -0.3 is 0 Å². The first-order valence-corrected chi connectivity index (χ1v) is 4.67. The first-order chi connectivity index (χ1) is 4.98. The zero-order chi connectivity index (χ0) is 8.28. The monoisotopic (exact) mass is 150 g/mol. The van der Waals surface area contributed by atoms with E-state index in [0.717, 1.165) is 5.92 Å². The molecule has 0 nitrogen and oxygen atoms in total. The Labute approximate surface area is 69.7 Å². The molecule has 2 unspecified atom stereocenters. The van der Waals surface area contributed by atoms with Gasteiger partial charge in [-0.3, -0.25) is 0 Å². The fourth-order valence-electron chi connectivity index (χ4n) is 3.02. The molecule has 1 fully saturated rings. The lowest BCUT2D eigenvalue weighted by Crippen LogP contribution is -2.29. The van der Waals surface area contributed by atoms with Gasteiger partial charge in [0, 0.05) is 0 Å². The van der Waals surface area contributed by atoms with Gasteiger partial charge in [-0.05, 0) is 36.5 Å². The van der Waals surface area contributed by atoms with E-state index in [9.17, 15) is 0 Å². The van der Waals surface area contributed by atoms with E-state index in [1.165, 1.54) is 12.8 Å². The van der Waals surface area contributed by atoms with Crippen molar-refractivity contribution in [3.05, 3.63) is 11.6 Å². The van der Waals surface area contributed by atoms with Crippen molar-refractivity contribution in [1.82, 2.24) is 0 Å². The number of hydrogen-bond donors (Lipinski definition) is 0. The van der Waals surface area contributed by atoms with Gasteiger partial charge in [0.05, 0.1) is 0 Å². The first-order valence-electron chi connectivity index (χ1n) is 4.67. The Bertz CT molecular complexity index is 222. The third kappa shape index (κ3) is 0.617. The lowest BCUT2D eigenvalue weighted by Gasteiger charge is -2.36. The molecule has 0 radical (unpaired) electrons. The van der Waals surface area contributed by atoms with Crippen molar-refractivity contribution in [1.29, 1.82) is 0 Å². The summed E-state index contributed by atoms with van der Waals surface area (Å²) in [6.45, 7) is 9.60. The van der Waals surface area contributed by atoms with Crippen LogP contribution in [0.25, 0.3) is 0 Å². The quantitative estimate of drug-likeness (QED) is 0.464. The average molecular weight is 150 g/mol. The van der Waals surface area contributed by atoms with E-state index < -0.39 is 0 Å². The molecule has 0 aromatic carbocycles. The first kappa shape index (κ1) is 7.39. The number of allylic oxidation sites excluding steroid dienone is 2. The van der Waals surface area contributed by atoms with Crippen LogP contribution in [0.3, 0.4) is 0 Å². The van der Waals surface area contributed by atoms with Gasteiger partial charge >= 0.3 is 0 Å². The minimum absolute atomic E-state index is 0.525. The molecular weight excluding hydrogens is 132 g/mol. The second kappa shape index (κ2) is 1.73. The van der Waals surface area contributed by atoms with E-state index in [1.54, 1.807) is 5.57 Å². The zero-order valence-electron chi connectivity index (χ0n) is 8.07. The summed E-state index contributed by atoms with van der Waals surface area (Å²) in [6.07, 6.45) is 5.33. The molecule has 1 saturated carbocycles. The van der Waals surface area contributed by atoms with Crippen LogP contribution in [-0.4, -0.2) is 0 Å². The Morgan fingerprint density at radius 2 is 2.00 bits per heavy atom. The number of rotatable bonds is 0. The van der Waals surface area contributed by atoms with Crippen molar-refractivity contribution >= 4 is 0 Å². The maximum atomic E-state index is 2.50. The molecule has 0 aliphatic heterocycles. The van der Waals surface area contributed by atoms with Crippen LogP contribution in [0.2, 0.25) is 0 Å². The summed E-state index contributed by atoms with van der Waals surface area (Å²) >= 11 is 0. The van der Waals surface area contributed by atoms with Gasteiger partial charge in [0.1, 0.15) is 0 Å². The molecular formula is C11H18. The molecule has 0 amide bonds. The van der Waals surface area contributed by atoms with Gasteiger partial charge in [-0.15, -0.1) is 0 Å². The molecule has 0 spiro atoms. The molecule has 2 rings (SSSR count). The van der Waals surface area contributed by atoms with E-state index in [0.29, 0.717) is 10.8 Å². The van der Waals surface area contributed by atoms with E-state index >= 15 is 0 Å². The molecule has 0 N–H and O–H groups in total. The molecule has 0 aromatic rings. The Morgan fingerprint density at radius 3 is 2.18 bits per heavy atom. The molecule has 2 aliphatic carbocycles. The number of hydrogen-bond acceptors (Lipinski definition) is 0. The van der Waals surface area contributed by atoms with Crippen LogP contribution in [0.15, 0.2) is 11.6 Å². The topological polar surface area (TPSA) is 0 Å². The molecule has 62 valence electrons. The minimum Gasteiger partial charge on any atom is -0.0814 e. The highest BCUT2D eigenvalue weighted by Gasteiger charge is 2.55. The van der Waals surface area contributed by atoms with Gasteiger partial charge in [0.15, 0.2) is 0 Å². The van der Waals surface area contributed by atoms with Crippen LogP contribution >= 0.6 is 0 Å². The number of fused-ring (bicyclic) bond motifs is 2. The summed E-state index contributed by atoms with van der Waals surface area (Å²) in [7, 11) is 0. The lowest BCUT2D eigenvalue weighted by molar-refractivity contribution is 0.171. The van der Waals surface area contributed by atoms with Crippen molar-refractivity contribution in [2.75, 3.05) is 0 Å². The van der Waals surface area contributed by atoms with Gasteiger partial charge in [-0.25, -0.2) is 0 Å². The largest absolute Gasteiger partial charge is 0.0814 e. The predicted octanol–water partition coefficient (Wildman–Crippen LogP) is 3.39. The van der Waals surface area contributed by atoms with Gasteiger partial charge in [0.2, 0.25) is 0 Å².